The number of hydrogen-bond donors (Lipinski definition) is 3. The molecule has 8 nitrogen and oxygen atoms in total. The fourth-order valence-corrected chi connectivity index (χ4v) is 2.37. The van der Waals surface area contributed by atoms with Gasteiger partial charge < -0.3 is 25.4 Å². The van der Waals surface area contributed by atoms with Crippen molar-refractivity contribution in [1.29, 1.82) is 0 Å². The van der Waals surface area contributed by atoms with Gasteiger partial charge in [0.15, 0.2) is 0 Å². The van der Waals surface area contributed by atoms with Gasteiger partial charge in [-0.3, -0.25) is 4.79 Å². The first-order valence-electron chi connectivity index (χ1n) is 9.91. The van der Waals surface area contributed by atoms with Crippen LogP contribution in [0.5, 0.6) is 0 Å². The Morgan fingerprint density at radius 1 is 0.897 bits per heavy atom. The summed E-state index contributed by atoms with van der Waals surface area (Å²) >= 11 is 0. The zero-order valence-corrected chi connectivity index (χ0v) is 17.8. The van der Waals surface area contributed by atoms with E-state index in [9.17, 15) is 14.4 Å². The van der Waals surface area contributed by atoms with Crippen molar-refractivity contribution < 1.29 is 23.9 Å². The molecule has 0 heterocycles. The molecule has 0 radical (unpaired) electrons. The van der Waals surface area contributed by atoms with E-state index in [2.05, 4.69) is 16.0 Å². The lowest BCUT2D eigenvalue weighted by molar-refractivity contribution is -0.121. The third-order valence-electron chi connectivity index (χ3n) is 3.72. The zero-order valence-electron chi connectivity index (χ0n) is 17.8. The molecule has 0 atom stereocenters. The second kappa shape index (κ2) is 12.6. The lowest BCUT2D eigenvalue weighted by Gasteiger charge is -2.19. The van der Waals surface area contributed by atoms with Gasteiger partial charge in [0.1, 0.15) is 5.60 Å². The highest BCUT2D eigenvalue weighted by Gasteiger charge is 2.15. The smallest absolute Gasteiger partial charge is 0.407 e. The van der Waals surface area contributed by atoms with Crippen molar-refractivity contribution in [2.24, 2.45) is 0 Å². The Bertz CT molecular complexity index is 653. The predicted molar refractivity (Wildman–Crippen MR) is 110 cm³/mol. The quantitative estimate of drug-likeness (QED) is 0.517. The molecule has 0 aliphatic carbocycles. The topological polar surface area (TPSA) is 106 Å². The average molecular weight is 408 g/mol. The van der Waals surface area contributed by atoms with Crippen LogP contribution in [0, 0.1) is 0 Å². The molecule has 0 aliphatic rings. The van der Waals surface area contributed by atoms with Crippen LogP contribution in [-0.4, -0.2) is 43.4 Å². The number of hydrogen-bond acceptors (Lipinski definition) is 5. The Labute approximate surface area is 172 Å². The Morgan fingerprint density at radius 2 is 1.55 bits per heavy atom. The fraction of sp³-hybridized carbons (Fsp3) is 0.571. The van der Waals surface area contributed by atoms with Crippen molar-refractivity contribution in [2.45, 2.75) is 59.1 Å². The van der Waals surface area contributed by atoms with Gasteiger partial charge >= 0.3 is 12.2 Å². The minimum absolute atomic E-state index is 0.0474. The van der Waals surface area contributed by atoms with Crippen LogP contribution in [0.4, 0.5) is 9.59 Å². The molecule has 0 spiro atoms. The molecule has 0 saturated carbocycles. The van der Waals surface area contributed by atoms with Crippen LogP contribution in [0.15, 0.2) is 24.3 Å². The summed E-state index contributed by atoms with van der Waals surface area (Å²) in [6.07, 6.45) is 0.720. The summed E-state index contributed by atoms with van der Waals surface area (Å²) in [5, 5.41) is 8.16. The number of benzene rings is 1. The second-order valence-electron chi connectivity index (χ2n) is 7.52. The van der Waals surface area contributed by atoms with Gasteiger partial charge in [-0.15, -0.1) is 0 Å². The lowest BCUT2D eigenvalue weighted by atomic mass is 10.1. The molecule has 0 aliphatic heterocycles. The maximum atomic E-state index is 11.8. The number of carbonyl (C=O) groups is 3. The minimum atomic E-state index is -0.518. The summed E-state index contributed by atoms with van der Waals surface area (Å²) in [5.74, 6) is -0.0474. The predicted octanol–water partition coefficient (Wildman–Crippen LogP) is 2.90. The molecule has 0 unspecified atom stereocenters. The molecule has 1 aromatic carbocycles. The van der Waals surface area contributed by atoms with Crippen molar-refractivity contribution in [2.75, 3.05) is 19.7 Å². The molecule has 0 saturated heterocycles. The van der Waals surface area contributed by atoms with E-state index in [0.29, 0.717) is 45.5 Å². The molecular formula is C21H33N3O5. The number of rotatable bonds is 10. The largest absolute Gasteiger partial charge is 0.450 e. The van der Waals surface area contributed by atoms with Gasteiger partial charge in [-0.2, -0.15) is 0 Å². The zero-order chi connectivity index (χ0) is 21.7. The third-order valence-corrected chi connectivity index (χ3v) is 3.72. The summed E-state index contributed by atoms with van der Waals surface area (Å²) in [4.78, 5) is 34.6. The highest BCUT2D eigenvalue weighted by atomic mass is 16.6. The maximum absolute atomic E-state index is 11.8. The van der Waals surface area contributed by atoms with E-state index in [1.54, 1.807) is 6.92 Å². The molecule has 1 aromatic rings. The highest BCUT2D eigenvalue weighted by molar-refractivity contribution is 5.76. The molecule has 0 aromatic heterocycles. The van der Waals surface area contributed by atoms with Crippen LogP contribution in [-0.2, 0) is 27.2 Å². The number of carbonyl (C=O) groups excluding carboxylic acids is 3. The second-order valence-corrected chi connectivity index (χ2v) is 7.52. The first-order valence-corrected chi connectivity index (χ1v) is 9.91. The number of amides is 3. The van der Waals surface area contributed by atoms with Gasteiger partial charge in [0.25, 0.3) is 0 Å². The molecule has 162 valence electrons. The van der Waals surface area contributed by atoms with Crippen molar-refractivity contribution in [3.63, 3.8) is 0 Å². The van der Waals surface area contributed by atoms with E-state index in [4.69, 9.17) is 9.47 Å². The van der Waals surface area contributed by atoms with E-state index >= 15 is 0 Å². The molecule has 8 heteroatoms. The Kier molecular flexibility index (Phi) is 10.6. The van der Waals surface area contributed by atoms with Crippen molar-refractivity contribution >= 4 is 18.1 Å². The van der Waals surface area contributed by atoms with Crippen molar-refractivity contribution in [3.8, 4) is 0 Å². The maximum Gasteiger partial charge on any atom is 0.407 e. The van der Waals surface area contributed by atoms with Gasteiger partial charge in [0.05, 0.1) is 6.61 Å². The van der Waals surface area contributed by atoms with Crippen molar-refractivity contribution in [1.82, 2.24) is 16.0 Å². The van der Waals surface area contributed by atoms with Gasteiger partial charge in [-0.25, -0.2) is 9.59 Å². The van der Waals surface area contributed by atoms with Gasteiger partial charge in [-0.1, -0.05) is 24.3 Å². The van der Waals surface area contributed by atoms with E-state index in [1.165, 1.54) is 0 Å². The van der Waals surface area contributed by atoms with Crippen LogP contribution in [0.3, 0.4) is 0 Å². The minimum Gasteiger partial charge on any atom is -0.450 e. The van der Waals surface area contributed by atoms with Crippen LogP contribution in [0.25, 0.3) is 0 Å². The van der Waals surface area contributed by atoms with Crippen LogP contribution < -0.4 is 16.0 Å². The Morgan fingerprint density at radius 3 is 2.17 bits per heavy atom. The van der Waals surface area contributed by atoms with Crippen LogP contribution in [0.1, 0.15) is 51.7 Å². The fourth-order valence-electron chi connectivity index (χ4n) is 2.37. The van der Waals surface area contributed by atoms with Gasteiger partial charge in [-0.05, 0) is 51.7 Å². The van der Waals surface area contributed by atoms with Gasteiger partial charge in [0.2, 0.25) is 5.91 Å². The summed E-state index contributed by atoms with van der Waals surface area (Å²) in [6, 6.07) is 7.83. The lowest BCUT2D eigenvalue weighted by Crippen LogP contribution is -2.32. The summed E-state index contributed by atoms with van der Waals surface area (Å²) in [7, 11) is 0. The molecular weight excluding hydrogens is 374 g/mol. The van der Waals surface area contributed by atoms with Gasteiger partial charge in [0, 0.05) is 26.1 Å². The SMILES string of the molecule is CCOC(=O)NCCCC(=O)NCCc1ccc(CNC(=O)OC(C)(C)C)cc1. The summed E-state index contributed by atoms with van der Waals surface area (Å²) in [5.41, 5.74) is 1.54. The Balaban J connectivity index is 2.19. The van der Waals surface area contributed by atoms with E-state index in [-0.39, 0.29) is 5.91 Å². The van der Waals surface area contributed by atoms with Crippen LogP contribution >= 0.6 is 0 Å². The molecule has 29 heavy (non-hydrogen) atoms. The Hall–Kier alpha value is -2.77. The number of ether oxygens (including phenoxy) is 2. The molecule has 1 rings (SSSR count). The molecule has 3 amide bonds. The summed E-state index contributed by atoms with van der Waals surface area (Å²) in [6.45, 7) is 8.87. The molecule has 0 fully saturated rings. The number of alkyl carbamates (subject to hydrolysis) is 2. The average Bonchev–Trinajstić information content (AvgIpc) is 2.63. The van der Waals surface area contributed by atoms with Crippen LogP contribution in [0.2, 0.25) is 0 Å². The third kappa shape index (κ3) is 12.3. The van der Waals surface area contributed by atoms with Crippen molar-refractivity contribution in [3.05, 3.63) is 35.4 Å². The van der Waals surface area contributed by atoms with E-state index < -0.39 is 17.8 Å². The van der Waals surface area contributed by atoms with E-state index in [0.717, 1.165) is 11.1 Å². The highest BCUT2D eigenvalue weighted by Crippen LogP contribution is 2.08. The first-order chi connectivity index (χ1) is 13.7. The molecule has 3 N–H and O–H groups in total. The van der Waals surface area contributed by atoms with E-state index in [1.807, 2.05) is 45.0 Å². The monoisotopic (exact) mass is 407 g/mol. The first kappa shape index (κ1) is 24.3. The standard InChI is InChI=1S/C21H33N3O5/c1-5-28-19(26)23-13-6-7-18(25)22-14-12-16-8-10-17(11-9-16)15-24-20(27)29-21(2,3)4/h8-11H,5-7,12-15H2,1-4H3,(H,22,25)(H,23,26)(H,24,27). The normalized spacial score (nSPS) is 10.8. The number of nitrogens with one attached hydrogen (secondary N) is 3. The summed E-state index contributed by atoms with van der Waals surface area (Å²) < 4.78 is 9.94. The molecule has 0 bridgehead atoms.